The summed E-state index contributed by atoms with van der Waals surface area (Å²) in [5.41, 5.74) is 0. The van der Waals surface area contributed by atoms with Crippen LogP contribution in [-0.2, 0) is 41.7 Å². The minimum absolute atomic E-state index is 0. The van der Waals surface area contributed by atoms with Crippen molar-refractivity contribution < 1.29 is 41.7 Å². The van der Waals surface area contributed by atoms with Crippen molar-refractivity contribution >= 4 is 34.1 Å². The molecule has 0 nitrogen and oxygen atoms in total. The van der Waals surface area contributed by atoms with Crippen molar-refractivity contribution in [2.45, 2.75) is 83.5 Å². The SMILES string of the molecule is C1=CC2CCC(C/C=C/CCC3CCC4C=CC=CC43)C2C=C1.C1=CC2CCCC2C=C1.C1=CC2CCCC2C=C1.[CH3-].[CH3-].[CH3-].[CH3-].[Cl][Zr+2][Cl].[Cl][Zr+2][Cl]. The zero-order valence-corrected chi connectivity index (χ0v) is 39.8. The molecule has 8 aliphatic carbocycles. The summed E-state index contributed by atoms with van der Waals surface area (Å²) in [7, 11) is 19.7. The molecule has 8 rings (SSSR count). The van der Waals surface area contributed by atoms with E-state index < -0.39 is 41.7 Å². The van der Waals surface area contributed by atoms with Gasteiger partial charge in [-0.1, -0.05) is 122 Å². The third-order valence-electron chi connectivity index (χ3n) is 11.6. The molecule has 0 heterocycles. The predicted octanol–water partition coefficient (Wildman–Crippen LogP) is 15.9. The Morgan fingerprint density at radius 2 is 0.745 bits per heavy atom. The molecule has 10 unspecified atom stereocenters. The third kappa shape index (κ3) is 17.5. The van der Waals surface area contributed by atoms with Crippen LogP contribution in [0, 0.1) is 88.9 Å². The summed E-state index contributed by atoms with van der Waals surface area (Å²) in [6.45, 7) is 0. The molecule has 4 fully saturated rings. The number of hydrogen-bond acceptors (Lipinski definition) is 0. The second-order valence-electron chi connectivity index (χ2n) is 14.2. The number of hydrogen-bond donors (Lipinski definition) is 0. The van der Waals surface area contributed by atoms with Crippen molar-refractivity contribution in [3.8, 4) is 0 Å². The van der Waals surface area contributed by atoms with Crippen LogP contribution >= 0.6 is 34.1 Å². The van der Waals surface area contributed by atoms with Crippen LogP contribution in [0.3, 0.4) is 0 Å². The summed E-state index contributed by atoms with van der Waals surface area (Å²) < 4.78 is 0. The van der Waals surface area contributed by atoms with E-state index in [2.05, 4.69) is 109 Å². The Kier molecular flexibility index (Phi) is 31.1. The quantitative estimate of drug-likeness (QED) is 0.190. The first-order chi connectivity index (χ1) is 23.2. The van der Waals surface area contributed by atoms with Crippen LogP contribution in [-0.4, -0.2) is 0 Å². The average Bonchev–Trinajstić information content (AvgIpc) is 3.93. The van der Waals surface area contributed by atoms with Gasteiger partial charge in [-0.2, -0.15) is 0 Å². The molecule has 0 aliphatic heterocycles. The number of allylic oxidation sites excluding steroid dienone is 18. The van der Waals surface area contributed by atoms with Gasteiger partial charge in [-0.15, -0.1) is 0 Å². The molecular weight excluding hydrogens is 865 g/mol. The van der Waals surface area contributed by atoms with Gasteiger partial charge in [0.1, 0.15) is 0 Å². The fourth-order valence-electron chi connectivity index (χ4n) is 9.26. The molecule has 0 N–H and O–H groups in total. The normalized spacial score (nSPS) is 32.6. The molecule has 0 spiro atoms. The summed E-state index contributed by atoms with van der Waals surface area (Å²) >= 11 is -1.65. The maximum atomic E-state index is 4.93. The second-order valence-corrected chi connectivity index (χ2v) is 21.6. The van der Waals surface area contributed by atoms with Gasteiger partial charge in [0.15, 0.2) is 0 Å². The van der Waals surface area contributed by atoms with Crippen LogP contribution in [0.15, 0.2) is 109 Å². The number of fused-ring (bicyclic) bond motifs is 4. The minimum atomic E-state index is -0.826. The molecule has 4 saturated carbocycles. The van der Waals surface area contributed by atoms with Crippen LogP contribution in [0.25, 0.3) is 0 Å². The van der Waals surface area contributed by atoms with Crippen molar-refractivity contribution in [3.63, 3.8) is 0 Å². The predicted molar refractivity (Wildman–Crippen MR) is 226 cm³/mol. The Hall–Kier alpha value is 0.586. The van der Waals surface area contributed by atoms with E-state index in [-0.39, 0.29) is 29.7 Å². The second kappa shape index (κ2) is 30.8. The zero-order valence-electron chi connectivity index (χ0n) is 31.9. The molecule has 0 saturated heterocycles. The Morgan fingerprint density at radius 3 is 1.16 bits per heavy atom. The van der Waals surface area contributed by atoms with E-state index in [1.54, 1.807) is 0 Å². The van der Waals surface area contributed by atoms with Gasteiger partial charge in [-0.05, 0) is 130 Å². The van der Waals surface area contributed by atoms with Gasteiger partial charge in [0.05, 0.1) is 0 Å². The van der Waals surface area contributed by atoms with Crippen LogP contribution in [0.2, 0.25) is 0 Å². The first-order valence-electron chi connectivity index (χ1n) is 18.2. The standard InChI is InChI=1S/C23H30.2C9H12.4CH3.4ClH.2Zr/c1(2-8-18-14-16-20-10-4-6-12-22(18)20)3-9-19-15-17-21-11-5-7-13-23(19)21;2*1-2-5-9-7-3-6-8(9)4-1;;;;;;;;;;/h1-2,4-7,10-13,18-23H,3,8-9,14-17H2;2*1-2,4-5,8-9H,3,6-7H2;4*1H3;4*1H;;/q;;;4*-1;;;;;2*+4/p-4/b2-1+;;;;;;;;;;;;. The van der Waals surface area contributed by atoms with Crippen molar-refractivity contribution in [2.24, 2.45) is 59.2 Å². The molecule has 10 atom stereocenters. The van der Waals surface area contributed by atoms with E-state index in [1.807, 2.05) is 0 Å². The van der Waals surface area contributed by atoms with Gasteiger partial charge in [0.2, 0.25) is 0 Å². The van der Waals surface area contributed by atoms with Gasteiger partial charge in [0, 0.05) is 0 Å². The maximum absolute atomic E-state index is 4.93. The Morgan fingerprint density at radius 1 is 0.412 bits per heavy atom. The molecule has 0 aromatic carbocycles. The average molecular weight is 931 g/mol. The van der Waals surface area contributed by atoms with E-state index in [9.17, 15) is 0 Å². The molecular formula is C45H66Cl4Zr2. The van der Waals surface area contributed by atoms with E-state index in [4.69, 9.17) is 34.1 Å². The summed E-state index contributed by atoms with van der Waals surface area (Å²) in [6.07, 6.45) is 60.1. The summed E-state index contributed by atoms with van der Waals surface area (Å²) in [5.74, 6) is 8.74. The van der Waals surface area contributed by atoms with Crippen LogP contribution < -0.4 is 0 Å². The first-order valence-corrected chi connectivity index (χ1v) is 30.8. The molecule has 51 heavy (non-hydrogen) atoms. The van der Waals surface area contributed by atoms with E-state index in [0.29, 0.717) is 0 Å². The topological polar surface area (TPSA) is 0 Å². The summed E-state index contributed by atoms with van der Waals surface area (Å²) in [6, 6.07) is 0. The molecule has 0 aromatic rings. The van der Waals surface area contributed by atoms with Crippen molar-refractivity contribution in [1.82, 2.24) is 0 Å². The van der Waals surface area contributed by atoms with Crippen molar-refractivity contribution in [3.05, 3.63) is 139 Å². The summed E-state index contributed by atoms with van der Waals surface area (Å²) in [5, 5.41) is 0. The van der Waals surface area contributed by atoms with Crippen LogP contribution in [0.4, 0.5) is 0 Å². The van der Waals surface area contributed by atoms with Crippen LogP contribution in [0.1, 0.15) is 83.5 Å². The molecule has 282 valence electrons. The van der Waals surface area contributed by atoms with Gasteiger partial charge in [-0.3, -0.25) is 0 Å². The van der Waals surface area contributed by atoms with E-state index in [0.717, 1.165) is 59.2 Å². The molecule has 8 aliphatic rings. The zero-order chi connectivity index (χ0) is 33.1. The van der Waals surface area contributed by atoms with E-state index >= 15 is 0 Å². The molecule has 0 bridgehead atoms. The number of halogens is 4. The fraction of sp³-hybridized carbons (Fsp3) is 0.511. The first kappa shape index (κ1) is 51.6. The molecule has 0 radical (unpaired) electrons. The van der Waals surface area contributed by atoms with Crippen molar-refractivity contribution in [1.29, 1.82) is 0 Å². The Bertz CT molecular complexity index is 1090. The Balaban J connectivity index is 0.000000744. The third-order valence-corrected chi connectivity index (χ3v) is 11.6. The molecule has 0 aromatic heterocycles. The Labute approximate surface area is 353 Å². The van der Waals surface area contributed by atoms with Crippen LogP contribution in [0.5, 0.6) is 0 Å². The van der Waals surface area contributed by atoms with Gasteiger partial charge in [-0.25, -0.2) is 0 Å². The molecule has 6 heteroatoms. The number of rotatable bonds is 5. The van der Waals surface area contributed by atoms with Crippen molar-refractivity contribution in [2.75, 3.05) is 0 Å². The van der Waals surface area contributed by atoms with Gasteiger partial charge in [0.25, 0.3) is 0 Å². The summed E-state index contributed by atoms with van der Waals surface area (Å²) in [4.78, 5) is 0. The molecule has 0 amide bonds. The van der Waals surface area contributed by atoms with Gasteiger partial charge < -0.3 is 29.7 Å². The fourth-order valence-corrected chi connectivity index (χ4v) is 9.26. The van der Waals surface area contributed by atoms with Gasteiger partial charge >= 0.3 is 75.7 Å². The van der Waals surface area contributed by atoms with E-state index in [1.165, 1.54) is 83.5 Å². The monoisotopic (exact) mass is 926 g/mol.